The van der Waals surface area contributed by atoms with Crippen molar-refractivity contribution >= 4 is 40.4 Å². The van der Waals surface area contributed by atoms with E-state index in [0.29, 0.717) is 0 Å². The third kappa shape index (κ3) is 9.86. The van der Waals surface area contributed by atoms with E-state index in [-0.39, 0.29) is 103 Å². The third-order valence-electron chi connectivity index (χ3n) is 4.14. The molecular formula is C12H17FLi4N5O12P3. The Morgan fingerprint density at radius 2 is 1.86 bits per heavy atom. The Bertz CT molecular complexity index is 1290. The molecule has 6 N–H and O–H groups in total. The zero-order valence-corrected chi connectivity index (χ0v) is 22.5. The predicted molar refractivity (Wildman–Crippen MR) is 103 cm³/mol. The Hall–Kier alpha value is 0.560. The number of nitrogens with two attached hydrogens (primary N) is 1. The SMILES string of the molecule is C#C[C@]1(COP(=O)([O-])OP(=O)(O)OP(=O)(O)O)O[C@@H](n2cnc3c(N)nc(F)nc32)C[C@@H]1O.[H-].[H-].[H-].[Li+].[Li+].[Li+].[Li+]. The number of nitrogens with zero attached hydrogens (tertiary/aromatic N) is 4. The Kier molecular flexibility index (Phi) is 15.5. The molecule has 0 saturated carbocycles. The number of fused-ring (bicyclic) bond motifs is 1. The number of hydrogen-bond acceptors (Lipinski definition) is 13. The van der Waals surface area contributed by atoms with Gasteiger partial charge < -0.3 is 44.0 Å². The Morgan fingerprint density at radius 3 is 2.41 bits per heavy atom. The molecule has 2 unspecified atom stereocenters. The fraction of sp³-hybridized carbons (Fsp3) is 0.417. The van der Waals surface area contributed by atoms with Crippen LogP contribution in [0, 0.1) is 18.4 Å². The fourth-order valence-corrected chi connectivity index (χ4v) is 5.83. The van der Waals surface area contributed by atoms with Crippen molar-refractivity contribution in [2.75, 3.05) is 12.3 Å². The van der Waals surface area contributed by atoms with Crippen molar-refractivity contribution in [3.8, 4) is 12.3 Å². The first-order valence-electron chi connectivity index (χ1n) is 8.32. The number of phosphoric ester groups is 1. The topological polar surface area (TPSA) is 262 Å². The van der Waals surface area contributed by atoms with E-state index in [1.807, 2.05) is 5.92 Å². The molecule has 0 radical (unpaired) electrons. The molecule has 188 valence electrons. The molecular weight excluding hydrogens is 546 g/mol. The van der Waals surface area contributed by atoms with Crippen molar-refractivity contribution in [2.24, 2.45) is 0 Å². The molecule has 1 aliphatic heterocycles. The molecule has 1 saturated heterocycles. The van der Waals surface area contributed by atoms with Crippen LogP contribution in [0.2, 0.25) is 0 Å². The number of terminal acetylenes is 1. The molecule has 2 aromatic rings. The van der Waals surface area contributed by atoms with Gasteiger partial charge in [-0.25, -0.2) is 18.4 Å². The number of nitrogen functional groups attached to an aromatic ring is 1. The average molecular weight is 563 g/mol. The number of rotatable bonds is 8. The summed E-state index contributed by atoms with van der Waals surface area (Å²) >= 11 is 0. The number of phosphoric acid groups is 3. The Balaban J connectivity index is -0.000000583. The molecule has 3 heterocycles. The molecule has 0 spiro atoms. The molecule has 5 atom stereocenters. The van der Waals surface area contributed by atoms with E-state index in [2.05, 4.69) is 28.1 Å². The summed E-state index contributed by atoms with van der Waals surface area (Å²) in [7, 11) is -17.2. The summed E-state index contributed by atoms with van der Waals surface area (Å²) in [6.07, 6.45) is 2.25. The van der Waals surface area contributed by atoms with Gasteiger partial charge in [0.05, 0.1) is 12.9 Å². The van der Waals surface area contributed by atoms with Crippen molar-refractivity contribution in [2.45, 2.75) is 24.4 Å². The van der Waals surface area contributed by atoms with E-state index in [4.69, 9.17) is 31.6 Å². The number of hydrogen-bond donors (Lipinski definition) is 5. The van der Waals surface area contributed by atoms with E-state index >= 15 is 0 Å². The molecule has 17 nitrogen and oxygen atoms in total. The van der Waals surface area contributed by atoms with Crippen molar-refractivity contribution in [3.05, 3.63) is 12.4 Å². The van der Waals surface area contributed by atoms with Gasteiger partial charge in [0.2, 0.25) is 0 Å². The molecule has 37 heavy (non-hydrogen) atoms. The van der Waals surface area contributed by atoms with Crippen LogP contribution in [-0.2, 0) is 31.6 Å². The second-order valence-electron chi connectivity index (χ2n) is 6.40. The minimum Gasteiger partial charge on any atom is -1.00 e. The van der Waals surface area contributed by atoms with Gasteiger partial charge in [-0.05, 0) is 0 Å². The number of anilines is 1. The van der Waals surface area contributed by atoms with Gasteiger partial charge >= 0.3 is 97.2 Å². The quantitative estimate of drug-likeness (QED) is 0.0864. The zero-order valence-electron chi connectivity index (χ0n) is 22.9. The van der Waals surface area contributed by atoms with E-state index < -0.39 is 54.1 Å². The van der Waals surface area contributed by atoms with Gasteiger partial charge in [0.15, 0.2) is 22.6 Å². The van der Waals surface area contributed by atoms with Crippen LogP contribution in [0.25, 0.3) is 11.2 Å². The molecule has 3 rings (SSSR count). The first-order valence-corrected chi connectivity index (χ1v) is 12.8. The number of ether oxygens (including phenoxy) is 1. The summed E-state index contributed by atoms with van der Waals surface area (Å²) in [5, 5.41) is 10.4. The first-order chi connectivity index (χ1) is 15.1. The van der Waals surface area contributed by atoms with Gasteiger partial charge in [-0.3, -0.25) is 9.13 Å². The fourth-order valence-electron chi connectivity index (χ4n) is 2.82. The van der Waals surface area contributed by atoms with Crippen LogP contribution in [0.1, 0.15) is 16.9 Å². The Labute approximate surface area is 260 Å². The summed E-state index contributed by atoms with van der Waals surface area (Å²) in [4.78, 5) is 48.8. The van der Waals surface area contributed by atoms with Gasteiger partial charge in [-0.1, -0.05) is 5.92 Å². The van der Waals surface area contributed by atoms with Crippen LogP contribution in [-0.4, -0.2) is 57.6 Å². The van der Waals surface area contributed by atoms with E-state index in [9.17, 15) is 28.1 Å². The van der Waals surface area contributed by atoms with Crippen LogP contribution in [0.3, 0.4) is 0 Å². The summed E-state index contributed by atoms with van der Waals surface area (Å²) in [5.41, 5.74) is 3.27. The summed E-state index contributed by atoms with van der Waals surface area (Å²) in [6.45, 7) is -1.17. The normalized spacial score (nSPS) is 24.2. The molecule has 0 bridgehead atoms. The van der Waals surface area contributed by atoms with Gasteiger partial charge in [0.1, 0.15) is 12.3 Å². The van der Waals surface area contributed by atoms with Crippen LogP contribution in [0.4, 0.5) is 10.2 Å². The maximum absolute atomic E-state index is 13.6. The maximum Gasteiger partial charge on any atom is 1.00 e. The zero-order chi connectivity index (χ0) is 24.8. The molecule has 0 aliphatic carbocycles. The summed E-state index contributed by atoms with van der Waals surface area (Å²) in [5.74, 6) is 1.72. The maximum atomic E-state index is 13.6. The smallest absolute Gasteiger partial charge is 1.00 e. The molecule has 2 aromatic heterocycles. The van der Waals surface area contributed by atoms with Crippen molar-refractivity contribution < 1.29 is 140 Å². The molecule has 1 fully saturated rings. The van der Waals surface area contributed by atoms with Gasteiger partial charge in [-0.15, -0.1) is 6.42 Å². The van der Waals surface area contributed by atoms with E-state index in [1.54, 1.807) is 0 Å². The van der Waals surface area contributed by atoms with E-state index in [0.717, 1.165) is 10.9 Å². The van der Waals surface area contributed by atoms with Gasteiger partial charge in [0, 0.05) is 6.42 Å². The second-order valence-corrected chi connectivity index (χ2v) is 10.8. The minimum atomic E-state index is -5.82. The number of aromatic nitrogens is 4. The molecule has 1 aliphatic rings. The van der Waals surface area contributed by atoms with Gasteiger partial charge in [0.25, 0.3) is 7.82 Å². The van der Waals surface area contributed by atoms with Crippen molar-refractivity contribution in [1.29, 1.82) is 0 Å². The van der Waals surface area contributed by atoms with Crippen molar-refractivity contribution in [1.82, 2.24) is 19.5 Å². The summed E-state index contributed by atoms with van der Waals surface area (Å²) < 4.78 is 65.5. The first kappa shape index (κ1) is 39.7. The van der Waals surface area contributed by atoms with E-state index in [1.165, 1.54) is 0 Å². The van der Waals surface area contributed by atoms with Crippen LogP contribution in [0.5, 0.6) is 0 Å². The number of aliphatic hydroxyl groups excluding tert-OH is 1. The number of aliphatic hydroxyl groups is 1. The predicted octanol–water partition coefficient (Wildman–Crippen LogP) is -12.7. The second kappa shape index (κ2) is 14.5. The van der Waals surface area contributed by atoms with Gasteiger partial charge in [-0.2, -0.15) is 18.7 Å². The minimum absolute atomic E-state index is 0. The van der Waals surface area contributed by atoms with Crippen LogP contribution >= 0.6 is 23.5 Å². The van der Waals surface area contributed by atoms with Crippen LogP contribution in [0.15, 0.2) is 6.33 Å². The number of halogens is 1. The average Bonchev–Trinajstić information content (AvgIpc) is 3.18. The van der Waals surface area contributed by atoms with Crippen molar-refractivity contribution in [3.63, 3.8) is 0 Å². The molecule has 0 amide bonds. The van der Waals surface area contributed by atoms with Crippen LogP contribution < -0.4 is 86.1 Å². The number of imidazole rings is 1. The Morgan fingerprint density at radius 1 is 1.27 bits per heavy atom. The standard InChI is InChI=1S/C12H15FN5O12P3.4Li.3H/c1-2-12(4-27-32(23,24)30-33(25,26)29-31(20,21)22)6(19)3-7(28-12)18-5-15-8-9(14)16-11(13)17-10(8)18;;;;;;;/h1,5-7,19H,3-4H2,(H,23,24)(H,25,26)(H2,14,16,17)(H2,20,21,22);;;;;;;/q;4*+1;3*-1/p-1/t6-,7+,12+;;;;;;;/m0......./s1. The molecule has 25 heteroatoms. The summed E-state index contributed by atoms with van der Waals surface area (Å²) in [6, 6.07) is 0. The largest absolute Gasteiger partial charge is 1.00 e. The molecule has 0 aromatic carbocycles. The third-order valence-corrected chi connectivity index (χ3v) is 7.88. The monoisotopic (exact) mass is 563 g/mol.